The summed E-state index contributed by atoms with van der Waals surface area (Å²) in [5.41, 5.74) is 5.36. The molecule has 2 N–H and O–H groups in total. The fraction of sp³-hybridized carbons (Fsp3) is 0.818. The van der Waals surface area contributed by atoms with Crippen molar-refractivity contribution in [2.45, 2.75) is 32.6 Å². The van der Waals surface area contributed by atoms with E-state index < -0.39 is 0 Å². The van der Waals surface area contributed by atoms with E-state index >= 15 is 0 Å². The molecule has 1 unspecified atom stereocenters. The molecule has 0 fully saturated rings. The highest BCUT2D eigenvalue weighted by molar-refractivity contribution is 5.75. The van der Waals surface area contributed by atoms with Crippen molar-refractivity contribution in [3.8, 4) is 6.07 Å². The van der Waals surface area contributed by atoms with Gasteiger partial charge in [0.2, 0.25) is 5.91 Å². The van der Waals surface area contributed by atoms with Crippen molar-refractivity contribution < 1.29 is 4.79 Å². The summed E-state index contributed by atoms with van der Waals surface area (Å²) in [6.07, 6.45) is 3.44. The predicted molar refractivity (Wildman–Crippen MR) is 59.9 cm³/mol. The molecule has 15 heavy (non-hydrogen) atoms. The van der Waals surface area contributed by atoms with E-state index in [0.29, 0.717) is 19.5 Å². The Bertz CT molecular complexity index is 222. The summed E-state index contributed by atoms with van der Waals surface area (Å²) in [4.78, 5) is 13.2. The normalized spacial score (nSPS) is 11.9. The van der Waals surface area contributed by atoms with Crippen molar-refractivity contribution in [2.75, 3.05) is 20.1 Å². The van der Waals surface area contributed by atoms with Gasteiger partial charge in [0.25, 0.3) is 0 Å². The second-order valence-corrected chi connectivity index (χ2v) is 3.90. The number of hydrogen-bond donors (Lipinski definition) is 1. The summed E-state index contributed by atoms with van der Waals surface area (Å²) in [5, 5.41) is 8.61. The molecule has 0 aliphatic heterocycles. The summed E-state index contributed by atoms with van der Waals surface area (Å²) in [6, 6.07) is 2.12. The number of unbranched alkanes of at least 4 members (excludes halogenated alkanes) is 2. The predicted octanol–water partition coefficient (Wildman–Crippen LogP) is 1.12. The summed E-state index contributed by atoms with van der Waals surface area (Å²) in [5.74, 6) is 0.0251. The SMILES string of the molecule is CC(C#N)CN(C)C(=O)CCCCCN. The fourth-order valence-corrected chi connectivity index (χ4v) is 1.34. The number of rotatable bonds is 7. The molecule has 0 aromatic heterocycles. The molecule has 4 nitrogen and oxygen atoms in total. The van der Waals surface area contributed by atoms with E-state index in [1.807, 2.05) is 6.92 Å². The molecule has 0 aromatic rings. The highest BCUT2D eigenvalue weighted by Crippen LogP contribution is 2.03. The first-order chi connectivity index (χ1) is 7.11. The first-order valence-corrected chi connectivity index (χ1v) is 5.45. The van der Waals surface area contributed by atoms with E-state index in [1.54, 1.807) is 11.9 Å². The van der Waals surface area contributed by atoms with E-state index in [2.05, 4.69) is 6.07 Å². The third kappa shape index (κ3) is 6.92. The van der Waals surface area contributed by atoms with E-state index in [-0.39, 0.29) is 11.8 Å². The Morgan fingerprint density at radius 1 is 1.47 bits per heavy atom. The molecule has 0 aliphatic rings. The average Bonchev–Trinajstić information content (AvgIpc) is 2.23. The van der Waals surface area contributed by atoms with Crippen molar-refractivity contribution in [2.24, 2.45) is 11.7 Å². The topological polar surface area (TPSA) is 70.1 Å². The smallest absolute Gasteiger partial charge is 0.222 e. The van der Waals surface area contributed by atoms with Crippen LogP contribution in [0.5, 0.6) is 0 Å². The zero-order chi connectivity index (χ0) is 11.7. The fourth-order valence-electron chi connectivity index (χ4n) is 1.34. The summed E-state index contributed by atoms with van der Waals surface area (Å²) in [6.45, 7) is 3.03. The lowest BCUT2D eigenvalue weighted by atomic mass is 10.1. The molecule has 0 saturated carbocycles. The van der Waals surface area contributed by atoms with Gasteiger partial charge in [-0.2, -0.15) is 5.26 Å². The van der Waals surface area contributed by atoms with Gasteiger partial charge in [-0.3, -0.25) is 4.79 Å². The number of nitriles is 1. The van der Waals surface area contributed by atoms with Crippen molar-refractivity contribution in [3.05, 3.63) is 0 Å². The van der Waals surface area contributed by atoms with Gasteiger partial charge in [-0.15, -0.1) is 0 Å². The van der Waals surface area contributed by atoms with Crippen molar-refractivity contribution >= 4 is 5.91 Å². The lowest BCUT2D eigenvalue weighted by Gasteiger charge is -2.18. The zero-order valence-corrected chi connectivity index (χ0v) is 9.70. The highest BCUT2D eigenvalue weighted by Gasteiger charge is 2.11. The van der Waals surface area contributed by atoms with E-state index in [1.165, 1.54) is 0 Å². The lowest BCUT2D eigenvalue weighted by Crippen LogP contribution is -2.30. The van der Waals surface area contributed by atoms with E-state index in [0.717, 1.165) is 19.3 Å². The van der Waals surface area contributed by atoms with Crippen LogP contribution in [0, 0.1) is 17.2 Å². The minimum Gasteiger partial charge on any atom is -0.344 e. The molecule has 86 valence electrons. The molecule has 0 bridgehead atoms. The van der Waals surface area contributed by atoms with Gasteiger partial charge in [-0.05, 0) is 26.3 Å². The lowest BCUT2D eigenvalue weighted by molar-refractivity contribution is -0.130. The summed E-state index contributed by atoms with van der Waals surface area (Å²) in [7, 11) is 1.75. The quantitative estimate of drug-likeness (QED) is 0.641. The van der Waals surface area contributed by atoms with Crippen molar-refractivity contribution in [1.29, 1.82) is 5.26 Å². The van der Waals surface area contributed by atoms with Crippen LogP contribution in [0.3, 0.4) is 0 Å². The summed E-state index contributed by atoms with van der Waals surface area (Å²) >= 11 is 0. The molecule has 0 aliphatic carbocycles. The number of hydrogen-bond acceptors (Lipinski definition) is 3. The molecular formula is C11H21N3O. The molecule has 0 spiro atoms. The average molecular weight is 211 g/mol. The van der Waals surface area contributed by atoms with Crippen LogP contribution in [0.1, 0.15) is 32.6 Å². The first-order valence-electron chi connectivity index (χ1n) is 5.45. The van der Waals surface area contributed by atoms with Crippen LogP contribution in [0.4, 0.5) is 0 Å². The summed E-state index contributed by atoms with van der Waals surface area (Å²) < 4.78 is 0. The van der Waals surface area contributed by atoms with Crippen molar-refractivity contribution in [1.82, 2.24) is 4.90 Å². The molecule has 0 heterocycles. The molecular weight excluding hydrogens is 190 g/mol. The molecule has 0 radical (unpaired) electrons. The Morgan fingerprint density at radius 3 is 2.67 bits per heavy atom. The van der Waals surface area contributed by atoms with Gasteiger partial charge in [0.05, 0.1) is 12.0 Å². The van der Waals surface area contributed by atoms with Crippen LogP contribution in [-0.4, -0.2) is 30.9 Å². The number of carbonyl (C=O) groups excluding carboxylic acids is 1. The van der Waals surface area contributed by atoms with E-state index in [4.69, 9.17) is 11.0 Å². The number of nitrogens with two attached hydrogens (primary N) is 1. The number of amides is 1. The van der Waals surface area contributed by atoms with Crippen LogP contribution in [0.15, 0.2) is 0 Å². The molecule has 4 heteroatoms. The van der Waals surface area contributed by atoms with Gasteiger partial charge < -0.3 is 10.6 Å². The van der Waals surface area contributed by atoms with Gasteiger partial charge in [-0.25, -0.2) is 0 Å². The number of carbonyl (C=O) groups is 1. The van der Waals surface area contributed by atoms with Gasteiger partial charge in [0.15, 0.2) is 0 Å². The molecule has 0 rings (SSSR count). The van der Waals surface area contributed by atoms with Gasteiger partial charge in [0.1, 0.15) is 0 Å². The maximum absolute atomic E-state index is 11.5. The monoisotopic (exact) mass is 211 g/mol. The third-order valence-electron chi connectivity index (χ3n) is 2.29. The third-order valence-corrected chi connectivity index (χ3v) is 2.29. The molecule has 1 atom stereocenters. The minimum atomic E-state index is -0.0945. The maximum atomic E-state index is 11.5. The van der Waals surface area contributed by atoms with Crippen LogP contribution < -0.4 is 5.73 Å². The Hall–Kier alpha value is -1.08. The number of nitrogens with zero attached hydrogens (tertiary/aromatic N) is 2. The van der Waals surface area contributed by atoms with Gasteiger partial charge in [-0.1, -0.05) is 6.42 Å². The van der Waals surface area contributed by atoms with Crippen molar-refractivity contribution in [3.63, 3.8) is 0 Å². The minimum absolute atomic E-state index is 0.0945. The zero-order valence-electron chi connectivity index (χ0n) is 9.70. The van der Waals surface area contributed by atoms with Gasteiger partial charge >= 0.3 is 0 Å². The Kier molecular flexibility index (Phi) is 7.65. The standard InChI is InChI=1S/C11H21N3O/c1-10(8-13)9-14(2)11(15)6-4-3-5-7-12/h10H,3-7,9,12H2,1-2H3. The highest BCUT2D eigenvalue weighted by atomic mass is 16.2. The molecule has 0 aromatic carbocycles. The Labute approximate surface area is 92.0 Å². The van der Waals surface area contributed by atoms with Gasteiger partial charge in [0, 0.05) is 20.0 Å². The largest absolute Gasteiger partial charge is 0.344 e. The molecule has 1 amide bonds. The maximum Gasteiger partial charge on any atom is 0.222 e. The van der Waals surface area contributed by atoms with Crippen LogP contribution >= 0.6 is 0 Å². The molecule has 0 saturated heterocycles. The first kappa shape index (κ1) is 13.9. The second kappa shape index (κ2) is 8.25. The Balaban J connectivity index is 3.66. The van der Waals surface area contributed by atoms with E-state index in [9.17, 15) is 4.79 Å². The van der Waals surface area contributed by atoms with Crippen LogP contribution in [-0.2, 0) is 4.79 Å². The van der Waals surface area contributed by atoms with Crippen LogP contribution in [0.2, 0.25) is 0 Å². The Morgan fingerprint density at radius 2 is 2.13 bits per heavy atom. The van der Waals surface area contributed by atoms with Crippen LogP contribution in [0.25, 0.3) is 0 Å². The second-order valence-electron chi connectivity index (χ2n) is 3.90.